The average molecular weight is 223 g/mol. The summed E-state index contributed by atoms with van der Waals surface area (Å²) in [6, 6.07) is 2.63. The van der Waals surface area contributed by atoms with Gasteiger partial charge in [-0.3, -0.25) is 0 Å². The molecule has 0 heterocycles. The van der Waals surface area contributed by atoms with Crippen molar-refractivity contribution in [1.82, 2.24) is 0 Å². The average Bonchev–Trinajstić information content (AvgIpc) is 2.99. The zero-order valence-corrected chi connectivity index (χ0v) is 9.09. The van der Waals surface area contributed by atoms with E-state index in [1.807, 2.05) is 0 Å². The van der Waals surface area contributed by atoms with Crippen LogP contribution in [0.15, 0.2) is 12.1 Å². The molecule has 0 atom stereocenters. The molecule has 1 aromatic rings. The molecule has 0 spiro atoms. The molecule has 1 aliphatic rings. The van der Waals surface area contributed by atoms with Crippen molar-refractivity contribution in [3.05, 3.63) is 29.1 Å². The van der Waals surface area contributed by atoms with Crippen molar-refractivity contribution in [3.8, 4) is 0 Å². The van der Waals surface area contributed by atoms with Gasteiger partial charge in [-0.25, -0.2) is 9.18 Å². The molecular formula is C12H14FNO2. The summed E-state index contributed by atoms with van der Waals surface area (Å²) >= 11 is 0. The molecule has 16 heavy (non-hydrogen) atoms. The minimum atomic E-state index is -1.23. The van der Waals surface area contributed by atoms with Crippen molar-refractivity contribution >= 4 is 11.7 Å². The number of hydrogen-bond donors (Lipinski definition) is 2. The minimum absolute atomic E-state index is 0.274. The molecule has 0 aliphatic heterocycles. The van der Waals surface area contributed by atoms with Gasteiger partial charge in [0.25, 0.3) is 0 Å². The highest BCUT2D eigenvalue weighted by Gasteiger charge is 2.21. The highest BCUT2D eigenvalue weighted by atomic mass is 19.1. The molecule has 0 radical (unpaired) electrons. The lowest BCUT2D eigenvalue weighted by Crippen LogP contribution is -2.08. The van der Waals surface area contributed by atoms with E-state index in [2.05, 4.69) is 5.32 Å². The molecule has 0 saturated heterocycles. The number of aryl methyl sites for hydroxylation is 1. The fourth-order valence-corrected chi connectivity index (χ4v) is 1.60. The van der Waals surface area contributed by atoms with Crippen molar-refractivity contribution in [2.75, 3.05) is 11.9 Å². The number of carboxylic acid groups (broad SMARTS) is 1. The lowest BCUT2D eigenvalue weighted by Gasteiger charge is -2.10. The summed E-state index contributed by atoms with van der Waals surface area (Å²) in [6.45, 7) is 2.61. The Bertz CT molecular complexity index is 427. The van der Waals surface area contributed by atoms with Crippen LogP contribution in [0, 0.1) is 18.7 Å². The first kappa shape index (κ1) is 10.9. The van der Waals surface area contributed by atoms with Crippen molar-refractivity contribution in [3.63, 3.8) is 0 Å². The Hall–Kier alpha value is -1.58. The fraction of sp³-hybridized carbons (Fsp3) is 0.417. The molecule has 1 fully saturated rings. The third-order valence-corrected chi connectivity index (χ3v) is 2.82. The van der Waals surface area contributed by atoms with Gasteiger partial charge in [0.2, 0.25) is 0 Å². The van der Waals surface area contributed by atoms with Crippen LogP contribution >= 0.6 is 0 Å². The monoisotopic (exact) mass is 223 g/mol. The summed E-state index contributed by atoms with van der Waals surface area (Å²) in [5, 5.41) is 12.0. The molecular weight excluding hydrogens is 209 g/mol. The summed E-state index contributed by atoms with van der Waals surface area (Å²) in [6.07, 6.45) is 2.44. The molecule has 4 heteroatoms. The highest BCUT2D eigenvalue weighted by molar-refractivity contribution is 5.89. The molecule has 1 aromatic carbocycles. The molecule has 1 saturated carbocycles. The van der Waals surface area contributed by atoms with Crippen molar-refractivity contribution in [2.24, 2.45) is 5.92 Å². The Labute approximate surface area is 93.3 Å². The first-order valence-electron chi connectivity index (χ1n) is 5.35. The van der Waals surface area contributed by atoms with Gasteiger partial charge in [-0.15, -0.1) is 0 Å². The predicted octanol–water partition coefficient (Wildman–Crippen LogP) is 2.65. The highest BCUT2D eigenvalue weighted by Crippen LogP contribution is 2.30. The summed E-state index contributed by atoms with van der Waals surface area (Å²) in [4.78, 5) is 10.8. The topological polar surface area (TPSA) is 49.3 Å². The largest absolute Gasteiger partial charge is 0.478 e. The summed E-state index contributed by atoms with van der Waals surface area (Å²) in [5.41, 5.74) is 1.18. The molecule has 0 amide bonds. The smallest absolute Gasteiger partial charge is 0.338 e. The van der Waals surface area contributed by atoms with Gasteiger partial charge in [0, 0.05) is 12.2 Å². The van der Waals surface area contributed by atoms with Gasteiger partial charge in [0.15, 0.2) is 0 Å². The Morgan fingerprint density at radius 1 is 1.56 bits per heavy atom. The van der Waals surface area contributed by atoms with Crippen LogP contribution in [0.3, 0.4) is 0 Å². The van der Waals surface area contributed by atoms with Gasteiger partial charge in [-0.2, -0.15) is 0 Å². The van der Waals surface area contributed by atoms with Crippen LogP contribution in [0.1, 0.15) is 28.8 Å². The van der Waals surface area contributed by atoms with Crippen LogP contribution < -0.4 is 5.32 Å². The molecule has 2 rings (SSSR count). The SMILES string of the molecule is Cc1cc(F)c(C(=O)O)cc1NCC1CC1. The van der Waals surface area contributed by atoms with Crippen LogP contribution in [0.5, 0.6) is 0 Å². The van der Waals surface area contributed by atoms with E-state index in [1.165, 1.54) is 25.0 Å². The number of carboxylic acids is 1. The first-order valence-corrected chi connectivity index (χ1v) is 5.35. The number of halogens is 1. The Morgan fingerprint density at radius 3 is 2.81 bits per heavy atom. The molecule has 0 aromatic heterocycles. The van der Waals surface area contributed by atoms with Crippen LogP contribution in [-0.4, -0.2) is 17.6 Å². The second-order valence-electron chi connectivity index (χ2n) is 4.28. The zero-order valence-electron chi connectivity index (χ0n) is 9.09. The lowest BCUT2D eigenvalue weighted by molar-refractivity contribution is 0.0692. The van der Waals surface area contributed by atoms with E-state index < -0.39 is 11.8 Å². The second-order valence-corrected chi connectivity index (χ2v) is 4.28. The number of carbonyl (C=O) groups is 1. The Morgan fingerprint density at radius 2 is 2.25 bits per heavy atom. The zero-order chi connectivity index (χ0) is 11.7. The van der Waals surface area contributed by atoms with Crippen LogP contribution in [0.2, 0.25) is 0 Å². The number of aromatic carboxylic acids is 1. The maximum Gasteiger partial charge on any atom is 0.338 e. The van der Waals surface area contributed by atoms with Gasteiger partial charge < -0.3 is 10.4 Å². The van der Waals surface area contributed by atoms with Crippen molar-refractivity contribution in [2.45, 2.75) is 19.8 Å². The van der Waals surface area contributed by atoms with Crippen molar-refractivity contribution in [1.29, 1.82) is 0 Å². The van der Waals surface area contributed by atoms with E-state index in [4.69, 9.17) is 5.11 Å². The quantitative estimate of drug-likeness (QED) is 0.825. The summed E-state index contributed by atoms with van der Waals surface area (Å²) in [7, 11) is 0. The number of nitrogens with one attached hydrogen (secondary N) is 1. The van der Waals surface area contributed by atoms with E-state index in [1.54, 1.807) is 6.92 Å². The van der Waals surface area contributed by atoms with E-state index >= 15 is 0 Å². The van der Waals surface area contributed by atoms with Gasteiger partial charge >= 0.3 is 5.97 Å². The Balaban J connectivity index is 2.21. The van der Waals surface area contributed by atoms with E-state index in [0.29, 0.717) is 11.6 Å². The third kappa shape index (κ3) is 2.32. The van der Waals surface area contributed by atoms with Gasteiger partial charge in [0.1, 0.15) is 5.82 Å². The standard InChI is InChI=1S/C12H14FNO2/c1-7-4-10(13)9(12(15)16)5-11(7)14-6-8-2-3-8/h4-5,8,14H,2-3,6H2,1H3,(H,15,16). The number of anilines is 1. The molecule has 3 nitrogen and oxygen atoms in total. The normalized spacial score (nSPS) is 14.9. The minimum Gasteiger partial charge on any atom is -0.478 e. The van der Waals surface area contributed by atoms with Gasteiger partial charge in [0.05, 0.1) is 5.56 Å². The van der Waals surface area contributed by atoms with Gasteiger partial charge in [-0.1, -0.05) is 0 Å². The maximum absolute atomic E-state index is 13.3. The second kappa shape index (κ2) is 4.12. The Kier molecular flexibility index (Phi) is 2.81. The van der Waals surface area contributed by atoms with E-state index in [0.717, 1.165) is 12.1 Å². The number of rotatable bonds is 4. The first-order chi connectivity index (χ1) is 7.58. The third-order valence-electron chi connectivity index (χ3n) is 2.82. The van der Waals surface area contributed by atoms with Crippen molar-refractivity contribution < 1.29 is 14.3 Å². The number of benzene rings is 1. The van der Waals surface area contributed by atoms with E-state index in [9.17, 15) is 9.18 Å². The molecule has 0 unspecified atom stereocenters. The van der Waals surface area contributed by atoms with E-state index in [-0.39, 0.29) is 5.56 Å². The molecule has 0 bridgehead atoms. The lowest BCUT2D eigenvalue weighted by atomic mass is 10.1. The fourth-order valence-electron chi connectivity index (χ4n) is 1.60. The predicted molar refractivity (Wildman–Crippen MR) is 59.3 cm³/mol. The molecule has 1 aliphatic carbocycles. The summed E-state index contributed by atoms with van der Waals surface area (Å²) in [5.74, 6) is -1.22. The molecule has 86 valence electrons. The maximum atomic E-state index is 13.3. The van der Waals surface area contributed by atoms with Gasteiger partial charge in [-0.05, 0) is 43.4 Å². The van der Waals surface area contributed by atoms with Crippen LogP contribution in [0.4, 0.5) is 10.1 Å². The van der Waals surface area contributed by atoms with Crippen LogP contribution in [-0.2, 0) is 0 Å². The van der Waals surface area contributed by atoms with Crippen LogP contribution in [0.25, 0.3) is 0 Å². The molecule has 2 N–H and O–H groups in total. The summed E-state index contributed by atoms with van der Waals surface area (Å²) < 4.78 is 13.3. The number of hydrogen-bond acceptors (Lipinski definition) is 2.